The molecule has 1 N–H and O–H groups in total. The molecule has 3 heterocycles. The fourth-order valence-corrected chi connectivity index (χ4v) is 3.92. The molecule has 0 bridgehead atoms. The minimum absolute atomic E-state index is 0.260. The van der Waals surface area contributed by atoms with E-state index < -0.39 is 0 Å². The van der Waals surface area contributed by atoms with Crippen LogP contribution in [-0.4, -0.2) is 45.3 Å². The van der Waals surface area contributed by atoms with E-state index in [1.54, 1.807) is 0 Å². The van der Waals surface area contributed by atoms with E-state index >= 15 is 0 Å². The molecule has 0 amide bonds. The summed E-state index contributed by atoms with van der Waals surface area (Å²) in [6.45, 7) is 6.00. The number of piperidine rings is 1. The summed E-state index contributed by atoms with van der Waals surface area (Å²) in [5, 5.41) is 9.50. The molecule has 2 aliphatic heterocycles. The molecule has 112 valence electrons. The van der Waals surface area contributed by atoms with Crippen molar-refractivity contribution in [1.82, 2.24) is 14.5 Å². The predicted octanol–water partition coefficient (Wildman–Crippen LogP) is 2.17. The fraction of sp³-hybridized carbons (Fsp3) is 0.812. The van der Waals surface area contributed by atoms with Crippen LogP contribution in [0.1, 0.15) is 56.5 Å². The molecule has 0 saturated carbocycles. The summed E-state index contributed by atoms with van der Waals surface area (Å²) in [6.07, 6.45) is 9.36. The van der Waals surface area contributed by atoms with E-state index in [-0.39, 0.29) is 6.61 Å². The van der Waals surface area contributed by atoms with Gasteiger partial charge in [-0.3, -0.25) is 0 Å². The Morgan fingerprint density at radius 3 is 2.95 bits per heavy atom. The zero-order valence-electron chi connectivity index (χ0n) is 12.6. The van der Waals surface area contributed by atoms with Gasteiger partial charge in [0.15, 0.2) is 0 Å². The molecule has 2 unspecified atom stereocenters. The number of aromatic nitrogens is 2. The van der Waals surface area contributed by atoms with Crippen LogP contribution in [0.25, 0.3) is 0 Å². The highest BCUT2D eigenvalue weighted by atomic mass is 16.3. The van der Waals surface area contributed by atoms with Crippen molar-refractivity contribution < 1.29 is 5.11 Å². The normalized spacial score (nSPS) is 27.5. The molecule has 4 heteroatoms. The van der Waals surface area contributed by atoms with Crippen LogP contribution in [0, 0.1) is 0 Å². The van der Waals surface area contributed by atoms with Crippen molar-refractivity contribution in [1.29, 1.82) is 0 Å². The molecule has 0 radical (unpaired) electrons. The monoisotopic (exact) mass is 277 g/mol. The van der Waals surface area contributed by atoms with Crippen LogP contribution in [0.4, 0.5) is 0 Å². The third-order valence-corrected chi connectivity index (χ3v) is 5.12. The van der Waals surface area contributed by atoms with E-state index in [4.69, 9.17) is 0 Å². The number of imidazole rings is 1. The van der Waals surface area contributed by atoms with Crippen LogP contribution in [0.5, 0.6) is 0 Å². The average molecular weight is 277 g/mol. The number of likely N-dealkylation sites (N-methyl/N-ethyl adjacent to an activating group) is 1. The smallest absolute Gasteiger partial charge is 0.110 e. The van der Waals surface area contributed by atoms with E-state index in [9.17, 15) is 5.11 Å². The van der Waals surface area contributed by atoms with Gasteiger partial charge in [-0.15, -0.1) is 0 Å². The lowest BCUT2D eigenvalue weighted by molar-refractivity contribution is 0.152. The highest BCUT2D eigenvalue weighted by Gasteiger charge is 2.26. The molecule has 1 saturated heterocycles. The standard InChI is InChI=1S/C16H27N3O/c1-2-18-8-4-3-7-14(18)10-16-17-11-15-13(12-20)6-5-9-19(15)16/h11,13-14,20H,2-10,12H2,1H3. The highest BCUT2D eigenvalue weighted by Crippen LogP contribution is 2.29. The number of fused-ring (bicyclic) bond motifs is 1. The summed E-state index contributed by atoms with van der Waals surface area (Å²) in [6, 6.07) is 0.662. The lowest BCUT2D eigenvalue weighted by atomic mass is 9.96. The van der Waals surface area contributed by atoms with E-state index in [2.05, 4.69) is 21.4 Å². The Bertz CT molecular complexity index is 443. The largest absolute Gasteiger partial charge is 0.396 e. The van der Waals surface area contributed by atoms with Crippen LogP contribution in [0.2, 0.25) is 0 Å². The first-order chi connectivity index (χ1) is 9.83. The van der Waals surface area contributed by atoms with Gasteiger partial charge in [0.1, 0.15) is 5.82 Å². The first-order valence-corrected chi connectivity index (χ1v) is 8.22. The Morgan fingerprint density at radius 1 is 1.25 bits per heavy atom. The molecule has 1 aromatic rings. The number of hydrogen-bond acceptors (Lipinski definition) is 3. The number of hydrogen-bond donors (Lipinski definition) is 1. The van der Waals surface area contributed by atoms with Gasteiger partial charge in [-0.25, -0.2) is 4.98 Å². The van der Waals surface area contributed by atoms with Crippen LogP contribution in [0.15, 0.2) is 6.20 Å². The maximum absolute atomic E-state index is 9.50. The van der Waals surface area contributed by atoms with E-state index in [0.29, 0.717) is 12.0 Å². The van der Waals surface area contributed by atoms with Crippen molar-refractivity contribution in [2.45, 2.75) is 64.0 Å². The van der Waals surface area contributed by atoms with Crippen LogP contribution in [0.3, 0.4) is 0 Å². The number of nitrogens with zero attached hydrogens (tertiary/aromatic N) is 3. The molecule has 1 fully saturated rings. The predicted molar refractivity (Wildman–Crippen MR) is 79.9 cm³/mol. The second-order valence-corrected chi connectivity index (χ2v) is 6.25. The number of likely N-dealkylation sites (tertiary alicyclic amines) is 1. The molecule has 3 rings (SSSR count). The van der Waals surface area contributed by atoms with Gasteiger partial charge in [0.05, 0.1) is 6.61 Å². The number of aliphatic hydroxyl groups excluding tert-OH is 1. The van der Waals surface area contributed by atoms with Crippen LogP contribution >= 0.6 is 0 Å². The maximum Gasteiger partial charge on any atom is 0.110 e. The molecule has 0 spiro atoms. The van der Waals surface area contributed by atoms with E-state index in [0.717, 1.165) is 25.9 Å². The zero-order valence-corrected chi connectivity index (χ0v) is 12.6. The van der Waals surface area contributed by atoms with Gasteiger partial charge in [-0.1, -0.05) is 13.3 Å². The van der Waals surface area contributed by atoms with Gasteiger partial charge in [-0.2, -0.15) is 0 Å². The third kappa shape index (κ3) is 2.63. The van der Waals surface area contributed by atoms with E-state index in [1.807, 2.05) is 6.20 Å². The van der Waals surface area contributed by atoms with Crippen LogP contribution < -0.4 is 0 Å². The lowest BCUT2D eigenvalue weighted by Crippen LogP contribution is -2.41. The Balaban J connectivity index is 1.76. The van der Waals surface area contributed by atoms with Crippen LogP contribution in [-0.2, 0) is 13.0 Å². The first kappa shape index (κ1) is 14.1. The molecule has 2 atom stereocenters. The molecular formula is C16H27N3O. The fourth-order valence-electron chi connectivity index (χ4n) is 3.92. The second-order valence-electron chi connectivity index (χ2n) is 6.25. The summed E-state index contributed by atoms with van der Waals surface area (Å²) in [4.78, 5) is 7.29. The molecule has 20 heavy (non-hydrogen) atoms. The SMILES string of the molecule is CCN1CCCCC1Cc1ncc2n1CCCC2CO. The quantitative estimate of drug-likeness (QED) is 0.917. The van der Waals surface area contributed by atoms with Crippen molar-refractivity contribution in [2.75, 3.05) is 19.7 Å². The molecule has 2 aliphatic rings. The van der Waals surface area contributed by atoms with Crippen molar-refractivity contribution in [3.63, 3.8) is 0 Å². The van der Waals surface area contributed by atoms with Gasteiger partial charge < -0.3 is 14.6 Å². The highest BCUT2D eigenvalue weighted by molar-refractivity contribution is 5.14. The molecular weight excluding hydrogens is 250 g/mol. The summed E-state index contributed by atoms with van der Waals surface area (Å²) in [5.41, 5.74) is 1.26. The molecule has 4 nitrogen and oxygen atoms in total. The number of aliphatic hydroxyl groups is 1. The van der Waals surface area contributed by atoms with Crippen molar-refractivity contribution in [2.24, 2.45) is 0 Å². The Labute approximate surface area is 121 Å². The molecule has 0 aliphatic carbocycles. The zero-order chi connectivity index (χ0) is 13.9. The van der Waals surface area contributed by atoms with Gasteiger partial charge in [0, 0.05) is 36.8 Å². The van der Waals surface area contributed by atoms with Crippen molar-refractivity contribution in [3.8, 4) is 0 Å². The van der Waals surface area contributed by atoms with Gasteiger partial charge in [0.25, 0.3) is 0 Å². The Kier molecular flexibility index (Phi) is 4.41. The minimum atomic E-state index is 0.260. The Hall–Kier alpha value is -0.870. The average Bonchev–Trinajstić information content (AvgIpc) is 2.91. The summed E-state index contributed by atoms with van der Waals surface area (Å²) in [7, 11) is 0. The van der Waals surface area contributed by atoms with Crippen molar-refractivity contribution in [3.05, 3.63) is 17.7 Å². The second kappa shape index (κ2) is 6.27. The minimum Gasteiger partial charge on any atom is -0.396 e. The third-order valence-electron chi connectivity index (χ3n) is 5.12. The van der Waals surface area contributed by atoms with E-state index in [1.165, 1.54) is 43.7 Å². The molecule has 1 aromatic heterocycles. The van der Waals surface area contributed by atoms with Crippen molar-refractivity contribution >= 4 is 0 Å². The lowest BCUT2D eigenvalue weighted by Gasteiger charge is -2.35. The van der Waals surface area contributed by atoms with Gasteiger partial charge in [0.2, 0.25) is 0 Å². The summed E-state index contributed by atoms with van der Waals surface area (Å²) in [5.74, 6) is 1.54. The van der Waals surface area contributed by atoms with Gasteiger partial charge in [-0.05, 0) is 38.8 Å². The first-order valence-electron chi connectivity index (χ1n) is 8.22. The molecule has 0 aromatic carbocycles. The number of rotatable bonds is 4. The van der Waals surface area contributed by atoms with Gasteiger partial charge >= 0.3 is 0 Å². The topological polar surface area (TPSA) is 41.3 Å². The summed E-state index contributed by atoms with van der Waals surface area (Å²) >= 11 is 0. The Morgan fingerprint density at radius 2 is 2.15 bits per heavy atom. The maximum atomic E-state index is 9.50. The summed E-state index contributed by atoms with van der Waals surface area (Å²) < 4.78 is 2.38.